The molecule has 0 aliphatic carbocycles. The van der Waals surface area contributed by atoms with Gasteiger partial charge < -0.3 is 20.1 Å². The van der Waals surface area contributed by atoms with Crippen molar-refractivity contribution >= 4 is 17.4 Å². The van der Waals surface area contributed by atoms with Crippen LogP contribution in [0.1, 0.15) is 18.7 Å². The van der Waals surface area contributed by atoms with E-state index in [2.05, 4.69) is 20.3 Å². The van der Waals surface area contributed by atoms with Gasteiger partial charge in [-0.05, 0) is 43.3 Å². The largest absolute Gasteiger partial charge is 0.368 e. The summed E-state index contributed by atoms with van der Waals surface area (Å²) >= 11 is 0. The average molecular weight is 406 g/mol. The van der Waals surface area contributed by atoms with Crippen LogP contribution in [0.5, 0.6) is 0 Å². The van der Waals surface area contributed by atoms with Gasteiger partial charge in [-0.25, -0.2) is 9.07 Å². The fourth-order valence-electron chi connectivity index (χ4n) is 4.27. The molecule has 4 heterocycles. The number of rotatable bonds is 3. The molecule has 8 heteroatoms. The number of carbonyl (C=O) groups is 1. The zero-order valence-corrected chi connectivity index (χ0v) is 16.7. The summed E-state index contributed by atoms with van der Waals surface area (Å²) in [5.74, 6) is 0.636. The second-order valence-corrected chi connectivity index (χ2v) is 7.61. The number of carbonyl (C=O) groups excluding carboxylic acids is 1. The minimum absolute atomic E-state index is 0.0134. The Morgan fingerprint density at radius 2 is 1.87 bits per heavy atom. The number of anilines is 2. The van der Waals surface area contributed by atoms with Crippen LogP contribution in [-0.4, -0.2) is 51.8 Å². The molecule has 30 heavy (non-hydrogen) atoms. The molecule has 154 valence electrons. The molecule has 2 aliphatic rings. The second kappa shape index (κ2) is 7.37. The Kier molecular flexibility index (Phi) is 4.54. The van der Waals surface area contributed by atoms with Gasteiger partial charge in [0.05, 0.1) is 11.8 Å². The fraction of sp³-hybridized carbons (Fsp3) is 0.273. The van der Waals surface area contributed by atoms with Crippen LogP contribution in [0.3, 0.4) is 0 Å². The minimum atomic E-state index is -0.297. The predicted octanol–water partition coefficient (Wildman–Crippen LogP) is 2.99. The molecule has 1 amide bonds. The summed E-state index contributed by atoms with van der Waals surface area (Å²) in [7, 11) is 0. The van der Waals surface area contributed by atoms with E-state index in [0.717, 1.165) is 22.9 Å². The molecule has 0 bridgehead atoms. The smallest absolute Gasteiger partial charge is 0.254 e. The van der Waals surface area contributed by atoms with Gasteiger partial charge in [-0.2, -0.15) is 5.10 Å². The summed E-state index contributed by atoms with van der Waals surface area (Å²) in [4.78, 5) is 20.9. The fourth-order valence-corrected chi connectivity index (χ4v) is 4.27. The van der Waals surface area contributed by atoms with Gasteiger partial charge in [0.2, 0.25) is 0 Å². The van der Waals surface area contributed by atoms with Crippen molar-refractivity contribution in [2.75, 3.05) is 36.4 Å². The standard InChI is InChI=1S/C22H23FN6O/c1-15-20(21(18-3-2-9-24-18)29-19(26-15)8-10-25-29)22(30)28-13-11-27(12-14-28)17-6-4-16(23)5-7-17/h2-10,21,24,26H,11-14H2,1H3. The van der Waals surface area contributed by atoms with Crippen molar-refractivity contribution in [2.24, 2.45) is 0 Å². The van der Waals surface area contributed by atoms with Gasteiger partial charge in [0.15, 0.2) is 0 Å². The van der Waals surface area contributed by atoms with E-state index in [1.807, 2.05) is 40.9 Å². The van der Waals surface area contributed by atoms with E-state index < -0.39 is 0 Å². The van der Waals surface area contributed by atoms with Gasteiger partial charge >= 0.3 is 0 Å². The van der Waals surface area contributed by atoms with E-state index in [1.54, 1.807) is 18.3 Å². The highest BCUT2D eigenvalue weighted by molar-refractivity contribution is 5.97. The predicted molar refractivity (Wildman–Crippen MR) is 113 cm³/mol. The number of amides is 1. The van der Waals surface area contributed by atoms with Crippen molar-refractivity contribution in [1.29, 1.82) is 0 Å². The molecule has 1 atom stereocenters. The van der Waals surface area contributed by atoms with E-state index >= 15 is 0 Å². The first-order valence-electron chi connectivity index (χ1n) is 10.1. The molecule has 0 radical (unpaired) electrons. The number of benzene rings is 1. The maximum atomic E-state index is 13.6. The summed E-state index contributed by atoms with van der Waals surface area (Å²) in [6.07, 6.45) is 3.60. The Balaban J connectivity index is 1.38. The summed E-state index contributed by atoms with van der Waals surface area (Å²) in [6.45, 7) is 4.57. The molecule has 1 fully saturated rings. The SMILES string of the molecule is CC1=C(C(=O)N2CCN(c3ccc(F)cc3)CC2)C(c2ccc[nH]2)n2nccc2N1. The third-order valence-electron chi connectivity index (χ3n) is 5.81. The molecule has 0 spiro atoms. The number of nitrogens with zero attached hydrogens (tertiary/aromatic N) is 4. The van der Waals surface area contributed by atoms with Crippen LogP contribution in [0.2, 0.25) is 0 Å². The van der Waals surface area contributed by atoms with Crippen LogP contribution in [0.25, 0.3) is 0 Å². The van der Waals surface area contributed by atoms with Crippen LogP contribution in [0, 0.1) is 5.82 Å². The molecule has 2 aromatic heterocycles. The van der Waals surface area contributed by atoms with Gasteiger partial charge in [-0.3, -0.25) is 4.79 Å². The van der Waals surface area contributed by atoms with Gasteiger partial charge in [-0.1, -0.05) is 0 Å². The summed E-state index contributed by atoms with van der Waals surface area (Å²) in [5.41, 5.74) is 3.44. The van der Waals surface area contributed by atoms with Crippen LogP contribution in [0.15, 0.2) is 66.1 Å². The molecule has 7 nitrogen and oxygen atoms in total. The number of allylic oxidation sites excluding steroid dienone is 1. The lowest BCUT2D eigenvalue weighted by Gasteiger charge is -2.38. The first-order chi connectivity index (χ1) is 14.6. The first kappa shape index (κ1) is 18.5. The van der Waals surface area contributed by atoms with Crippen molar-refractivity contribution in [3.8, 4) is 0 Å². The van der Waals surface area contributed by atoms with Crippen molar-refractivity contribution in [3.63, 3.8) is 0 Å². The zero-order chi connectivity index (χ0) is 20.7. The van der Waals surface area contributed by atoms with Gasteiger partial charge in [-0.15, -0.1) is 0 Å². The number of fused-ring (bicyclic) bond motifs is 1. The molecular weight excluding hydrogens is 383 g/mol. The lowest BCUT2D eigenvalue weighted by molar-refractivity contribution is -0.128. The number of hydrogen-bond acceptors (Lipinski definition) is 4. The summed E-state index contributed by atoms with van der Waals surface area (Å²) in [5, 5.41) is 7.77. The molecular formula is C22H23FN6O. The van der Waals surface area contributed by atoms with E-state index in [-0.39, 0.29) is 17.8 Å². The zero-order valence-electron chi connectivity index (χ0n) is 16.7. The van der Waals surface area contributed by atoms with Gasteiger partial charge in [0, 0.05) is 55.5 Å². The molecule has 2 aliphatic heterocycles. The molecule has 1 unspecified atom stereocenters. The third-order valence-corrected chi connectivity index (χ3v) is 5.81. The van der Waals surface area contributed by atoms with Crippen molar-refractivity contribution in [1.82, 2.24) is 19.7 Å². The molecule has 1 aromatic carbocycles. The van der Waals surface area contributed by atoms with Crippen molar-refractivity contribution in [2.45, 2.75) is 13.0 Å². The quantitative estimate of drug-likeness (QED) is 0.702. The third kappa shape index (κ3) is 3.14. The normalized spacial score (nSPS) is 18.9. The Morgan fingerprint density at radius 3 is 2.57 bits per heavy atom. The molecule has 1 saturated heterocycles. The van der Waals surface area contributed by atoms with E-state index in [0.29, 0.717) is 31.8 Å². The highest BCUT2D eigenvalue weighted by Gasteiger charge is 2.36. The van der Waals surface area contributed by atoms with E-state index in [4.69, 9.17) is 0 Å². The number of halogens is 1. The van der Waals surface area contributed by atoms with Crippen LogP contribution in [-0.2, 0) is 4.79 Å². The van der Waals surface area contributed by atoms with Gasteiger partial charge in [0.1, 0.15) is 17.7 Å². The highest BCUT2D eigenvalue weighted by Crippen LogP contribution is 2.35. The summed E-state index contributed by atoms with van der Waals surface area (Å²) < 4.78 is 15.1. The van der Waals surface area contributed by atoms with E-state index in [1.165, 1.54) is 12.1 Å². The number of hydrogen-bond donors (Lipinski definition) is 2. The molecule has 0 saturated carbocycles. The van der Waals surface area contributed by atoms with Crippen molar-refractivity contribution < 1.29 is 9.18 Å². The average Bonchev–Trinajstić information content (AvgIpc) is 3.45. The number of aromatic nitrogens is 3. The Labute approximate surface area is 173 Å². The van der Waals surface area contributed by atoms with Crippen LogP contribution in [0.4, 0.5) is 15.9 Å². The summed E-state index contributed by atoms with van der Waals surface area (Å²) in [6, 6.07) is 12.0. The molecule has 5 rings (SSSR count). The van der Waals surface area contributed by atoms with Crippen molar-refractivity contribution in [3.05, 3.63) is 77.6 Å². The number of piperazine rings is 1. The van der Waals surface area contributed by atoms with Crippen LogP contribution >= 0.6 is 0 Å². The molecule has 2 N–H and O–H groups in total. The minimum Gasteiger partial charge on any atom is -0.368 e. The van der Waals surface area contributed by atoms with Crippen LogP contribution < -0.4 is 10.2 Å². The lowest BCUT2D eigenvalue weighted by atomic mass is 9.98. The molecule has 3 aromatic rings. The highest BCUT2D eigenvalue weighted by atomic mass is 19.1. The Hall–Kier alpha value is -3.55. The maximum Gasteiger partial charge on any atom is 0.254 e. The topological polar surface area (TPSA) is 69.2 Å². The number of H-pyrrole nitrogens is 1. The first-order valence-corrected chi connectivity index (χ1v) is 10.1. The lowest BCUT2D eigenvalue weighted by Crippen LogP contribution is -2.50. The second-order valence-electron chi connectivity index (χ2n) is 7.61. The van der Waals surface area contributed by atoms with E-state index in [9.17, 15) is 9.18 Å². The Morgan fingerprint density at radius 1 is 1.10 bits per heavy atom. The number of nitrogens with one attached hydrogen (secondary N) is 2. The number of aromatic amines is 1. The maximum absolute atomic E-state index is 13.6. The monoisotopic (exact) mass is 406 g/mol. The Bertz CT molecular complexity index is 1080. The van der Waals surface area contributed by atoms with Gasteiger partial charge in [0.25, 0.3) is 5.91 Å².